The van der Waals surface area contributed by atoms with Crippen molar-refractivity contribution in [1.82, 2.24) is 0 Å². The van der Waals surface area contributed by atoms with Crippen LogP contribution < -0.4 is 21.2 Å². The summed E-state index contributed by atoms with van der Waals surface area (Å²) in [5.74, 6) is 0. The molecule has 0 atom stereocenters. The second-order valence-electron chi connectivity index (χ2n) is 22.4. The van der Waals surface area contributed by atoms with Crippen LogP contribution in [0.25, 0.3) is 0 Å². The largest absolute Gasteiger partial charge is 0.0654 e. The number of hydrogen-bond acceptors (Lipinski definition) is 0. The second kappa shape index (κ2) is 43.1. The number of hydrogen-bond donors (Lipinski definition) is 0. The molecule has 0 bridgehead atoms. The summed E-state index contributed by atoms with van der Waals surface area (Å²) in [5.41, 5.74) is 20.5. The minimum absolute atomic E-state index is 0. The van der Waals surface area contributed by atoms with E-state index in [2.05, 4.69) is 132 Å². The van der Waals surface area contributed by atoms with Gasteiger partial charge in [0.1, 0.15) is 0 Å². The second-order valence-corrected chi connectivity index (χ2v) is 25.1. The first-order chi connectivity index (χ1) is 36.3. The topological polar surface area (TPSA) is 0 Å². The number of unbranched alkanes of at least 4 members (excludes halogenated alkanes) is 12. The molecular formula is C72H118CoP2. The van der Waals surface area contributed by atoms with E-state index in [0.29, 0.717) is 0 Å². The Bertz CT molecular complexity index is 1800. The molecule has 425 valence electrons. The van der Waals surface area contributed by atoms with Crippen LogP contribution in [0.4, 0.5) is 0 Å². The molecule has 4 rings (SSSR count). The molecule has 0 aliphatic rings. The Balaban J connectivity index is 0.000000507. The van der Waals surface area contributed by atoms with Gasteiger partial charge in [-0.2, -0.15) is 0 Å². The summed E-state index contributed by atoms with van der Waals surface area (Å²) in [4.78, 5) is 0. The first-order valence-corrected chi connectivity index (χ1v) is 34.4. The van der Waals surface area contributed by atoms with Gasteiger partial charge in [-0.15, -0.1) is 0 Å². The number of benzene rings is 4. The van der Waals surface area contributed by atoms with E-state index < -0.39 is 0 Å². The van der Waals surface area contributed by atoms with Crippen LogP contribution in [0.1, 0.15) is 304 Å². The average molecular weight is 1100 g/mol. The van der Waals surface area contributed by atoms with E-state index in [9.17, 15) is 0 Å². The van der Waals surface area contributed by atoms with Gasteiger partial charge in [-0.3, -0.25) is 0 Å². The Morgan fingerprint density at radius 3 is 0.507 bits per heavy atom. The van der Waals surface area contributed by atoms with Crippen molar-refractivity contribution in [1.29, 1.82) is 0 Å². The fourth-order valence-electron chi connectivity index (χ4n) is 11.3. The normalized spacial score (nSPS) is 11.3. The molecule has 1 radical (unpaired) electrons. The summed E-state index contributed by atoms with van der Waals surface area (Å²) >= 11 is 0. The maximum absolute atomic E-state index is 2.55. The van der Waals surface area contributed by atoms with Gasteiger partial charge in [0.2, 0.25) is 0 Å². The predicted octanol–water partition coefficient (Wildman–Crippen LogP) is 20.7. The Morgan fingerprint density at radius 1 is 0.200 bits per heavy atom. The van der Waals surface area contributed by atoms with E-state index in [4.69, 9.17) is 0 Å². The van der Waals surface area contributed by atoms with Gasteiger partial charge in [0.05, 0.1) is 0 Å². The molecule has 4 aromatic carbocycles. The SMILES string of the molecule is CCCCc1ccc(Pc2ccc(CCCC)c(CCCC)c2CCCC)c(CCCC)c1CCCC.CCCCc1ccc(Pc2ccc(CCCC)c(CCCC)c2CCCC)c(CCCC)c1CCCC.[Co]. The van der Waals surface area contributed by atoms with Gasteiger partial charge in [0.15, 0.2) is 0 Å². The smallest absolute Gasteiger partial charge is 0 e. The van der Waals surface area contributed by atoms with Crippen molar-refractivity contribution < 1.29 is 16.8 Å². The molecule has 0 aliphatic carbocycles. The summed E-state index contributed by atoms with van der Waals surface area (Å²) in [5, 5.41) is 6.61. The first-order valence-electron chi connectivity index (χ1n) is 32.4. The Morgan fingerprint density at radius 2 is 0.347 bits per heavy atom. The Kier molecular flexibility index (Phi) is 39.9. The average Bonchev–Trinajstić information content (AvgIpc) is 3.42. The van der Waals surface area contributed by atoms with Crippen LogP contribution in [0.15, 0.2) is 48.5 Å². The molecule has 0 saturated heterocycles. The molecule has 0 amide bonds. The van der Waals surface area contributed by atoms with E-state index in [0.717, 1.165) is 17.2 Å². The quantitative estimate of drug-likeness (QED) is 0.0390. The summed E-state index contributed by atoms with van der Waals surface area (Å²) < 4.78 is 0. The van der Waals surface area contributed by atoms with Crippen molar-refractivity contribution in [2.75, 3.05) is 0 Å². The minimum atomic E-state index is 0. The molecule has 0 aromatic heterocycles. The fourth-order valence-corrected chi connectivity index (χ4v) is 14.3. The van der Waals surface area contributed by atoms with E-state index >= 15 is 0 Å². The van der Waals surface area contributed by atoms with Gasteiger partial charge in [-0.1, -0.05) is 226 Å². The zero-order valence-corrected chi connectivity index (χ0v) is 54.4. The van der Waals surface area contributed by atoms with Crippen LogP contribution in [-0.2, 0) is 93.8 Å². The zero-order chi connectivity index (χ0) is 53.8. The third kappa shape index (κ3) is 23.9. The molecule has 0 fully saturated rings. The van der Waals surface area contributed by atoms with Gasteiger partial charge < -0.3 is 0 Å². The molecular weight excluding hydrogens is 986 g/mol. The molecule has 0 N–H and O–H groups in total. The molecule has 0 heterocycles. The zero-order valence-electron chi connectivity index (χ0n) is 51.4. The van der Waals surface area contributed by atoms with Crippen molar-refractivity contribution in [3.63, 3.8) is 0 Å². The standard InChI is InChI=1S/2C36H59P.Co/c2*1-7-13-19-29-25-27-35(33(23-17-11-5)31(29)21-15-9-3)37-36-28-26-30(20-14-8-2)32(22-16-10-4)34(36)24-18-12-6;/h2*25-28,37H,7-24H2,1-6H3;. The predicted molar refractivity (Wildman–Crippen MR) is 344 cm³/mol. The van der Waals surface area contributed by atoms with Gasteiger partial charge in [0, 0.05) is 16.8 Å². The van der Waals surface area contributed by atoms with Crippen molar-refractivity contribution in [2.24, 2.45) is 0 Å². The molecule has 4 aromatic rings. The van der Waals surface area contributed by atoms with E-state index in [1.165, 1.54) is 231 Å². The van der Waals surface area contributed by atoms with Crippen LogP contribution in [0.5, 0.6) is 0 Å². The van der Waals surface area contributed by atoms with E-state index in [1.807, 2.05) is 0 Å². The van der Waals surface area contributed by atoms with Crippen molar-refractivity contribution >= 4 is 38.4 Å². The third-order valence-corrected chi connectivity index (χ3v) is 19.0. The Hall–Kier alpha value is -1.75. The third-order valence-electron chi connectivity index (χ3n) is 16.1. The van der Waals surface area contributed by atoms with Gasteiger partial charge >= 0.3 is 0 Å². The van der Waals surface area contributed by atoms with Gasteiger partial charge in [-0.25, -0.2) is 0 Å². The van der Waals surface area contributed by atoms with Crippen molar-refractivity contribution in [3.05, 3.63) is 115 Å². The summed E-state index contributed by atoms with van der Waals surface area (Å²) in [6, 6.07) is 20.3. The molecule has 3 heteroatoms. The minimum Gasteiger partial charge on any atom is -0.0654 e. The number of rotatable bonds is 40. The monoisotopic (exact) mass is 1100 g/mol. The van der Waals surface area contributed by atoms with Gasteiger partial charge in [-0.05, 0) is 242 Å². The molecule has 0 spiro atoms. The molecule has 0 aliphatic heterocycles. The molecule has 0 unspecified atom stereocenters. The van der Waals surface area contributed by atoms with Crippen LogP contribution in [0, 0.1) is 0 Å². The Labute approximate surface area is 481 Å². The van der Waals surface area contributed by atoms with Crippen molar-refractivity contribution in [2.45, 2.75) is 314 Å². The van der Waals surface area contributed by atoms with Crippen LogP contribution >= 0.6 is 17.2 Å². The summed E-state index contributed by atoms with van der Waals surface area (Å²) in [6.07, 6.45) is 46.4. The molecule has 0 saturated carbocycles. The van der Waals surface area contributed by atoms with E-state index in [1.54, 1.807) is 88.0 Å². The summed E-state index contributed by atoms with van der Waals surface area (Å²) in [7, 11) is 1.59. The molecule has 75 heavy (non-hydrogen) atoms. The first kappa shape index (κ1) is 69.4. The van der Waals surface area contributed by atoms with Crippen molar-refractivity contribution in [3.8, 4) is 0 Å². The van der Waals surface area contributed by atoms with E-state index in [-0.39, 0.29) is 16.8 Å². The maximum Gasteiger partial charge on any atom is 0 e. The van der Waals surface area contributed by atoms with Crippen LogP contribution in [-0.4, -0.2) is 0 Å². The van der Waals surface area contributed by atoms with Crippen LogP contribution in [0.3, 0.4) is 0 Å². The van der Waals surface area contributed by atoms with Gasteiger partial charge in [0.25, 0.3) is 0 Å². The maximum atomic E-state index is 2.55. The van der Waals surface area contributed by atoms with Crippen LogP contribution in [0.2, 0.25) is 0 Å². The molecule has 0 nitrogen and oxygen atoms in total. The fraction of sp³-hybridized carbons (Fsp3) is 0.667. The number of aryl methyl sites for hydroxylation is 4. The summed E-state index contributed by atoms with van der Waals surface area (Å²) in [6.45, 7) is 28.1.